The molecule has 0 unspecified atom stereocenters. The van der Waals surface area contributed by atoms with Crippen LogP contribution in [0.2, 0.25) is 0 Å². The van der Waals surface area contributed by atoms with Gasteiger partial charge in [-0.05, 0) is 31.9 Å². The maximum absolute atomic E-state index is 13.3. The van der Waals surface area contributed by atoms with Crippen LogP contribution < -0.4 is 21.1 Å². The van der Waals surface area contributed by atoms with Crippen molar-refractivity contribution in [1.29, 1.82) is 0 Å². The van der Waals surface area contributed by atoms with Gasteiger partial charge in [0, 0.05) is 37.3 Å². The van der Waals surface area contributed by atoms with Gasteiger partial charge in [-0.1, -0.05) is 11.3 Å². The topological polar surface area (TPSA) is 109 Å². The van der Waals surface area contributed by atoms with Gasteiger partial charge in [-0.25, -0.2) is 13.8 Å². The zero-order valence-corrected chi connectivity index (χ0v) is 18.6. The van der Waals surface area contributed by atoms with Crippen LogP contribution in [0.3, 0.4) is 0 Å². The summed E-state index contributed by atoms with van der Waals surface area (Å²) in [5, 5.41) is 5.85. The predicted molar refractivity (Wildman–Crippen MR) is 120 cm³/mol. The Labute approximate surface area is 191 Å². The number of halogens is 2. The minimum Gasteiger partial charge on any atom is -0.356 e. The van der Waals surface area contributed by atoms with Crippen molar-refractivity contribution in [2.24, 2.45) is 5.92 Å². The Morgan fingerprint density at radius 1 is 1.18 bits per heavy atom. The van der Waals surface area contributed by atoms with E-state index >= 15 is 0 Å². The molecule has 2 aromatic heterocycles. The first-order valence-corrected chi connectivity index (χ1v) is 11.3. The van der Waals surface area contributed by atoms with Gasteiger partial charge in [0.05, 0.1) is 0 Å². The van der Waals surface area contributed by atoms with Crippen LogP contribution in [0.1, 0.15) is 19.8 Å². The second-order valence-electron chi connectivity index (χ2n) is 7.69. The van der Waals surface area contributed by atoms with E-state index in [1.54, 1.807) is 0 Å². The first kappa shape index (κ1) is 22.8. The number of carbonyl (C=O) groups excluding carboxylic acids is 2. The van der Waals surface area contributed by atoms with Crippen LogP contribution in [-0.4, -0.2) is 46.0 Å². The van der Waals surface area contributed by atoms with E-state index in [9.17, 15) is 23.2 Å². The van der Waals surface area contributed by atoms with E-state index in [0.717, 1.165) is 16.7 Å². The van der Waals surface area contributed by atoms with E-state index in [2.05, 4.69) is 20.6 Å². The molecule has 0 aliphatic carbocycles. The lowest BCUT2D eigenvalue weighted by Crippen LogP contribution is -2.40. The van der Waals surface area contributed by atoms with Crippen LogP contribution in [0.25, 0.3) is 10.3 Å². The molecule has 1 aromatic carbocycles. The molecule has 3 aromatic rings. The van der Waals surface area contributed by atoms with E-state index in [1.807, 2.05) is 11.8 Å². The molecular weight excluding hydrogens is 454 g/mol. The fourth-order valence-electron chi connectivity index (χ4n) is 3.72. The summed E-state index contributed by atoms with van der Waals surface area (Å²) in [6.07, 6.45) is 2.61. The zero-order valence-electron chi connectivity index (χ0n) is 17.8. The summed E-state index contributed by atoms with van der Waals surface area (Å²) in [7, 11) is 0. The average molecular weight is 477 g/mol. The van der Waals surface area contributed by atoms with E-state index in [0.29, 0.717) is 48.4 Å². The lowest BCUT2D eigenvalue weighted by Gasteiger charge is -2.30. The van der Waals surface area contributed by atoms with Crippen molar-refractivity contribution >= 4 is 44.3 Å². The summed E-state index contributed by atoms with van der Waals surface area (Å²) in [5.41, 5.74) is -0.188. The van der Waals surface area contributed by atoms with Gasteiger partial charge in [0.1, 0.15) is 29.2 Å². The van der Waals surface area contributed by atoms with Crippen LogP contribution in [0.5, 0.6) is 0 Å². The van der Waals surface area contributed by atoms with Crippen molar-refractivity contribution < 1.29 is 18.4 Å². The number of amides is 2. The van der Waals surface area contributed by atoms with Crippen LogP contribution in [-0.2, 0) is 16.1 Å². The molecule has 174 valence electrons. The molecule has 1 fully saturated rings. The Morgan fingerprint density at radius 2 is 1.88 bits per heavy atom. The average Bonchev–Trinajstić information content (AvgIpc) is 3.20. The molecule has 4 rings (SSSR count). The molecule has 9 nitrogen and oxygen atoms in total. The van der Waals surface area contributed by atoms with Crippen LogP contribution in [0.15, 0.2) is 29.3 Å². The van der Waals surface area contributed by atoms with Gasteiger partial charge < -0.3 is 15.5 Å². The summed E-state index contributed by atoms with van der Waals surface area (Å²) in [4.78, 5) is 47.8. The third-order valence-electron chi connectivity index (χ3n) is 5.32. The minimum atomic E-state index is -0.822. The SMILES string of the molecule is CCNC(=O)C1CCN(c2nc3ncn(CC(=O)Nc4cc(F)cc(F)c4)c(=O)c3s2)CC1. The Kier molecular flexibility index (Phi) is 6.63. The molecule has 0 bridgehead atoms. The molecular formula is C21H22F2N6O3S. The Bertz CT molecular complexity index is 1230. The van der Waals surface area contributed by atoms with E-state index in [4.69, 9.17) is 0 Å². The van der Waals surface area contributed by atoms with Crippen LogP contribution >= 0.6 is 11.3 Å². The second kappa shape index (κ2) is 9.61. The summed E-state index contributed by atoms with van der Waals surface area (Å²) in [5.74, 6) is -2.24. The van der Waals surface area contributed by atoms with E-state index in [1.165, 1.54) is 17.7 Å². The van der Waals surface area contributed by atoms with Gasteiger partial charge in [-0.2, -0.15) is 4.98 Å². The summed E-state index contributed by atoms with van der Waals surface area (Å²) in [6.45, 7) is 3.40. The lowest BCUT2D eigenvalue weighted by molar-refractivity contribution is -0.125. The number of thiazole rings is 1. The molecule has 0 radical (unpaired) electrons. The lowest BCUT2D eigenvalue weighted by atomic mass is 9.96. The van der Waals surface area contributed by atoms with Crippen molar-refractivity contribution in [1.82, 2.24) is 19.9 Å². The highest BCUT2D eigenvalue weighted by Crippen LogP contribution is 2.29. The predicted octanol–water partition coefficient (Wildman–Crippen LogP) is 2.12. The fourth-order valence-corrected chi connectivity index (χ4v) is 4.74. The Hall–Kier alpha value is -3.41. The number of rotatable bonds is 6. The van der Waals surface area contributed by atoms with E-state index < -0.39 is 23.1 Å². The number of aromatic nitrogens is 3. The fraction of sp³-hybridized carbons (Fsp3) is 0.381. The number of hydrogen-bond donors (Lipinski definition) is 2. The number of carbonyl (C=O) groups is 2. The van der Waals surface area contributed by atoms with Gasteiger partial charge in [-0.15, -0.1) is 0 Å². The highest BCUT2D eigenvalue weighted by atomic mass is 32.1. The molecule has 0 spiro atoms. The molecule has 1 aliphatic rings. The highest BCUT2D eigenvalue weighted by Gasteiger charge is 2.26. The smallest absolute Gasteiger partial charge is 0.273 e. The summed E-state index contributed by atoms with van der Waals surface area (Å²) >= 11 is 1.19. The van der Waals surface area contributed by atoms with Crippen LogP contribution in [0.4, 0.5) is 19.6 Å². The summed E-state index contributed by atoms with van der Waals surface area (Å²) in [6, 6.07) is 2.66. The zero-order chi connectivity index (χ0) is 23.5. The van der Waals surface area contributed by atoms with Crippen molar-refractivity contribution in [2.75, 3.05) is 29.9 Å². The molecule has 33 heavy (non-hydrogen) atoms. The van der Waals surface area contributed by atoms with Gasteiger partial charge in [0.25, 0.3) is 5.56 Å². The molecule has 3 heterocycles. The quantitative estimate of drug-likeness (QED) is 0.564. The van der Waals surface area contributed by atoms with Crippen molar-refractivity contribution in [3.8, 4) is 0 Å². The number of nitrogens with zero attached hydrogens (tertiary/aromatic N) is 4. The van der Waals surface area contributed by atoms with Crippen molar-refractivity contribution in [2.45, 2.75) is 26.3 Å². The third kappa shape index (κ3) is 5.16. The first-order valence-electron chi connectivity index (χ1n) is 10.5. The monoisotopic (exact) mass is 476 g/mol. The number of nitrogens with one attached hydrogen (secondary N) is 2. The van der Waals surface area contributed by atoms with Gasteiger partial charge in [-0.3, -0.25) is 19.0 Å². The van der Waals surface area contributed by atoms with Crippen LogP contribution in [0, 0.1) is 17.6 Å². The Balaban J connectivity index is 1.45. The Morgan fingerprint density at radius 3 is 2.55 bits per heavy atom. The molecule has 1 saturated heterocycles. The maximum Gasteiger partial charge on any atom is 0.273 e. The number of hydrogen-bond acceptors (Lipinski definition) is 7. The number of piperidine rings is 1. The molecule has 2 amide bonds. The highest BCUT2D eigenvalue weighted by molar-refractivity contribution is 7.22. The standard InChI is InChI=1S/C21H22F2N6O3S/c1-2-24-19(31)12-3-5-28(6-4-12)21-27-18-17(33-21)20(32)29(11-25-18)10-16(30)26-15-8-13(22)7-14(23)9-15/h7-9,11-12H,2-6,10H2,1H3,(H,24,31)(H,26,30). The molecule has 1 aliphatic heterocycles. The number of anilines is 2. The second-order valence-corrected chi connectivity index (χ2v) is 8.67. The van der Waals surface area contributed by atoms with Gasteiger partial charge >= 0.3 is 0 Å². The number of benzene rings is 1. The largest absolute Gasteiger partial charge is 0.356 e. The summed E-state index contributed by atoms with van der Waals surface area (Å²) < 4.78 is 28.0. The first-order chi connectivity index (χ1) is 15.8. The third-order valence-corrected chi connectivity index (χ3v) is 6.41. The normalized spacial score (nSPS) is 14.5. The molecule has 12 heteroatoms. The van der Waals surface area contributed by atoms with Gasteiger partial charge in [0.15, 0.2) is 10.8 Å². The minimum absolute atomic E-state index is 0.0315. The van der Waals surface area contributed by atoms with Gasteiger partial charge in [0.2, 0.25) is 11.8 Å². The van der Waals surface area contributed by atoms with Crippen molar-refractivity contribution in [3.05, 3.63) is 46.5 Å². The van der Waals surface area contributed by atoms with E-state index in [-0.39, 0.29) is 29.7 Å². The molecule has 0 saturated carbocycles. The molecule has 0 atom stereocenters. The van der Waals surface area contributed by atoms with Crippen molar-refractivity contribution in [3.63, 3.8) is 0 Å². The molecule has 2 N–H and O–H groups in total. The maximum atomic E-state index is 13.3. The number of fused-ring (bicyclic) bond motifs is 1.